The quantitative estimate of drug-likeness (QED) is 0.553. The van der Waals surface area contributed by atoms with Crippen LogP contribution in [-0.2, 0) is 24.3 Å². The summed E-state index contributed by atoms with van der Waals surface area (Å²) in [7, 11) is -3.74. The maximum atomic E-state index is 12.2. The van der Waals surface area contributed by atoms with Crippen LogP contribution in [0.25, 0.3) is 0 Å². The van der Waals surface area contributed by atoms with E-state index in [-0.39, 0.29) is 23.8 Å². The molecule has 1 rings (SSSR count). The van der Waals surface area contributed by atoms with E-state index < -0.39 is 22.1 Å². The molecule has 2 N–H and O–H groups in total. The zero-order valence-corrected chi connectivity index (χ0v) is 16.1. The molecule has 26 heavy (non-hydrogen) atoms. The minimum absolute atomic E-state index is 0.0710. The van der Waals surface area contributed by atoms with Crippen LogP contribution in [0.4, 0.5) is 0 Å². The molecule has 0 heterocycles. The molecule has 1 amide bonds. The second-order valence-electron chi connectivity index (χ2n) is 5.48. The van der Waals surface area contributed by atoms with E-state index in [4.69, 9.17) is 9.47 Å². The molecular formula is C17H26N2O6S. The molecule has 1 atom stereocenters. The molecule has 0 saturated heterocycles. The first-order chi connectivity index (χ1) is 12.3. The molecule has 146 valence electrons. The third kappa shape index (κ3) is 7.40. The molecule has 8 nitrogen and oxygen atoms in total. The predicted octanol–water partition coefficient (Wildman–Crippen LogP) is 1.21. The Balaban J connectivity index is 2.45. The van der Waals surface area contributed by atoms with Crippen molar-refractivity contribution in [1.29, 1.82) is 0 Å². The topological polar surface area (TPSA) is 111 Å². The van der Waals surface area contributed by atoms with Gasteiger partial charge in [0.05, 0.1) is 17.9 Å². The summed E-state index contributed by atoms with van der Waals surface area (Å²) in [5.74, 6) is -0.459. The van der Waals surface area contributed by atoms with Gasteiger partial charge in [0.2, 0.25) is 10.0 Å². The molecule has 0 aromatic heterocycles. The molecule has 1 unspecified atom stereocenters. The minimum atomic E-state index is -3.74. The number of carbonyl (C=O) groups excluding carboxylic acids is 2. The summed E-state index contributed by atoms with van der Waals surface area (Å²) in [5, 5.41) is 2.61. The number of sulfonamides is 1. The smallest absolute Gasteiger partial charge is 0.307 e. The summed E-state index contributed by atoms with van der Waals surface area (Å²) in [6, 6.07) is 5.96. The van der Waals surface area contributed by atoms with E-state index in [1.165, 1.54) is 19.1 Å². The highest BCUT2D eigenvalue weighted by Crippen LogP contribution is 2.15. The molecule has 0 spiro atoms. The highest BCUT2D eigenvalue weighted by Gasteiger charge is 2.18. The van der Waals surface area contributed by atoms with E-state index in [0.717, 1.165) is 6.42 Å². The lowest BCUT2D eigenvalue weighted by molar-refractivity contribution is -0.154. The van der Waals surface area contributed by atoms with Crippen molar-refractivity contribution in [2.75, 3.05) is 19.7 Å². The zero-order chi connectivity index (χ0) is 19.6. The summed E-state index contributed by atoms with van der Waals surface area (Å²) in [5.41, 5.74) is 0. The molecule has 1 aromatic carbocycles. The summed E-state index contributed by atoms with van der Waals surface area (Å²) in [6.07, 6.45) is -0.321. The van der Waals surface area contributed by atoms with Crippen molar-refractivity contribution in [1.82, 2.24) is 10.0 Å². The highest BCUT2D eigenvalue weighted by molar-refractivity contribution is 7.89. The first-order valence-corrected chi connectivity index (χ1v) is 9.98. The SMILES string of the molecule is CCCNC(=O)C(C)OC(=O)CCNS(=O)(=O)c1ccc(OCC)cc1. The van der Waals surface area contributed by atoms with Crippen LogP contribution in [0.1, 0.15) is 33.6 Å². The lowest BCUT2D eigenvalue weighted by Crippen LogP contribution is -2.36. The molecule has 0 aliphatic heterocycles. The van der Waals surface area contributed by atoms with E-state index in [1.54, 1.807) is 12.1 Å². The van der Waals surface area contributed by atoms with Crippen molar-refractivity contribution in [2.45, 2.75) is 44.6 Å². The van der Waals surface area contributed by atoms with Crippen molar-refractivity contribution in [3.8, 4) is 5.75 Å². The van der Waals surface area contributed by atoms with E-state index in [2.05, 4.69) is 10.0 Å². The van der Waals surface area contributed by atoms with Crippen LogP contribution in [-0.4, -0.2) is 46.1 Å². The Morgan fingerprint density at radius 3 is 2.35 bits per heavy atom. The number of nitrogens with one attached hydrogen (secondary N) is 2. The number of benzene rings is 1. The summed E-state index contributed by atoms with van der Waals surface area (Å²) < 4.78 is 36.9. The fourth-order valence-corrected chi connectivity index (χ4v) is 2.99. The van der Waals surface area contributed by atoms with Crippen molar-refractivity contribution < 1.29 is 27.5 Å². The van der Waals surface area contributed by atoms with Gasteiger partial charge in [0.25, 0.3) is 5.91 Å². The lowest BCUT2D eigenvalue weighted by Gasteiger charge is -2.13. The fourth-order valence-electron chi connectivity index (χ4n) is 1.95. The lowest BCUT2D eigenvalue weighted by atomic mass is 10.3. The monoisotopic (exact) mass is 386 g/mol. The van der Waals surface area contributed by atoms with Gasteiger partial charge in [-0.25, -0.2) is 13.1 Å². The zero-order valence-electron chi connectivity index (χ0n) is 15.3. The Morgan fingerprint density at radius 2 is 1.77 bits per heavy atom. The summed E-state index contributed by atoms with van der Waals surface area (Å²) in [4.78, 5) is 23.4. The molecule has 0 aliphatic rings. The van der Waals surface area contributed by atoms with E-state index in [1.807, 2.05) is 13.8 Å². The van der Waals surface area contributed by atoms with Gasteiger partial charge in [-0.2, -0.15) is 0 Å². The maximum absolute atomic E-state index is 12.2. The molecule has 0 bridgehead atoms. The van der Waals surface area contributed by atoms with Gasteiger partial charge in [-0.15, -0.1) is 0 Å². The van der Waals surface area contributed by atoms with Gasteiger partial charge in [0, 0.05) is 13.1 Å². The first kappa shape index (κ1) is 21.9. The first-order valence-electron chi connectivity index (χ1n) is 8.49. The van der Waals surface area contributed by atoms with Gasteiger partial charge in [-0.05, 0) is 44.5 Å². The van der Waals surface area contributed by atoms with Crippen molar-refractivity contribution in [2.24, 2.45) is 0 Å². The normalized spacial score (nSPS) is 12.3. The van der Waals surface area contributed by atoms with Crippen LogP contribution in [0.15, 0.2) is 29.2 Å². The number of hydrogen-bond donors (Lipinski definition) is 2. The second-order valence-corrected chi connectivity index (χ2v) is 7.24. The van der Waals surface area contributed by atoms with Gasteiger partial charge >= 0.3 is 5.97 Å². The third-order valence-electron chi connectivity index (χ3n) is 3.29. The van der Waals surface area contributed by atoms with Gasteiger partial charge in [0.15, 0.2) is 6.10 Å². The largest absolute Gasteiger partial charge is 0.494 e. The van der Waals surface area contributed by atoms with Gasteiger partial charge in [-0.3, -0.25) is 9.59 Å². The number of hydrogen-bond acceptors (Lipinski definition) is 6. The standard InChI is InChI=1S/C17H26N2O6S/c1-4-11-18-17(21)13(3)25-16(20)10-12-19-26(22,23)15-8-6-14(7-9-15)24-5-2/h6-9,13,19H,4-5,10-12H2,1-3H3,(H,18,21). The van der Waals surface area contributed by atoms with E-state index in [9.17, 15) is 18.0 Å². The molecule has 9 heteroatoms. The average molecular weight is 386 g/mol. The molecule has 1 aromatic rings. The van der Waals surface area contributed by atoms with Crippen molar-refractivity contribution in [3.63, 3.8) is 0 Å². The summed E-state index contributed by atoms with van der Waals surface area (Å²) in [6.45, 7) is 6.07. The Hall–Kier alpha value is -2.13. The molecule has 0 radical (unpaired) electrons. The molecular weight excluding hydrogens is 360 g/mol. The number of amides is 1. The van der Waals surface area contributed by atoms with Crippen molar-refractivity contribution >= 4 is 21.9 Å². The predicted molar refractivity (Wildman–Crippen MR) is 96.3 cm³/mol. The van der Waals surface area contributed by atoms with Crippen LogP contribution in [0, 0.1) is 0 Å². The minimum Gasteiger partial charge on any atom is -0.494 e. The number of carbonyl (C=O) groups is 2. The van der Waals surface area contributed by atoms with Crippen LogP contribution in [0.3, 0.4) is 0 Å². The van der Waals surface area contributed by atoms with Crippen molar-refractivity contribution in [3.05, 3.63) is 24.3 Å². The Bertz CT molecular complexity index is 688. The average Bonchev–Trinajstić information content (AvgIpc) is 2.60. The Kier molecular flexibility index (Phi) is 9.08. The number of ether oxygens (including phenoxy) is 2. The highest BCUT2D eigenvalue weighted by atomic mass is 32.2. The number of esters is 1. The van der Waals surface area contributed by atoms with Crippen LogP contribution in [0.5, 0.6) is 5.75 Å². The van der Waals surface area contributed by atoms with Crippen LogP contribution < -0.4 is 14.8 Å². The van der Waals surface area contributed by atoms with Crippen LogP contribution in [0.2, 0.25) is 0 Å². The Morgan fingerprint density at radius 1 is 1.12 bits per heavy atom. The summed E-state index contributed by atoms with van der Waals surface area (Å²) >= 11 is 0. The van der Waals surface area contributed by atoms with E-state index >= 15 is 0 Å². The molecule has 0 saturated carbocycles. The molecule has 0 fully saturated rings. The van der Waals surface area contributed by atoms with Gasteiger partial charge in [-0.1, -0.05) is 6.92 Å². The Labute approximate surface area is 154 Å². The van der Waals surface area contributed by atoms with Gasteiger partial charge < -0.3 is 14.8 Å². The molecule has 0 aliphatic carbocycles. The van der Waals surface area contributed by atoms with Gasteiger partial charge in [0.1, 0.15) is 5.75 Å². The maximum Gasteiger partial charge on any atom is 0.307 e. The van der Waals surface area contributed by atoms with E-state index in [0.29, 0.717) is 18.9 Å². The fraction of sp³-hybridized carbons (Fsp3) is 0.529. The third-order valence-corrected chi connectivity index (χ3v) is 4.77. The second kappa shape index (κ2) is 10.8. The number of rotatable bonds is 11. The van der Waals surface area contributed by atoms with Crippen LogP contribution >= 0.6 is 0 Å².